The Morgan fingerprint density at radius 2 is 1.89 bits per heavy atom. The van der Waals surface area contributed by atoms with Crippen LogP contribution in [0.5, 0.6) is 0 Å². The summed E-state index contributed by atoms with van der Waals surface area (Å²) in [6.07, 6.45) is 3.03. The Labute approximate surface area is 112 Å². The number of benzene rings is 1. The molecule has 0 bridgehead atoms. The number of unbranched alkanes of at least 4 members (excludes halogenated alkanes) is 2. The number of fused-ring (bicyclic) bond motifs is 1. The van der Waals surface area contributed by atoms with E-state index < -0.39 is 0 Å². The van der Waals surface area contributed by atoms with Gasteiger partial charge in [-0.15, -0.1) is 11.6 Å². The number of carbonyl (C=O) groups excluding carboxylic acids is 2. The Bertz CT molecular complexity index is 459. The van der Waals surface area contributed by atoms with E-state index in [-0.39, 0.29) is 11.8 Å². The van der Waals surface area contributed by atoms with Crippen LogP contribution in [0.25, 0.3) is 0 Å². The summed E-state index contributed by atoms with van der Waals surface area (Å²) in [6.45, 7) is 0.503. The minimum absolute atomic E-state index is 0.0930. The second-order valence-corrected chi connectivity index (χ2v) is 4.81. The van der Waals surface area contributed by atoms with Crippen LogP contribution in [0.1, 0.15) is 35.2 Å². The lowest BCUT2D eigenvalue weighted by atomic mass is 9.98. The van der Waals surface area contributed by atoms with E-state index in [2.05, 4.69) is 0 Å². The first-order valence-corrected chi connectivity index (χ1v) is 6.76. The molecule has 0 saturated heterocycles. The minimum atomic E-state index is -0.160. The summed E-state index contributed by atoms with van der Waals surface area (Å²) in [4.78, 5) is 25.5. The highest BCUT2D eigenvalue weighted by Crippen LogP contribution is 2.20. The van der Waals surface area contributed by atoms with Gasteiger partial charge in [-0.3, -0.25) is 14.5 Å². The number of amides is 2. The molecular weight excluding hydrogens is 250 g/mol. The molecule has 18 heavy (non-hydrogen) atoms. The second kappa shape index (κ2) is 6.01. The average molecular weight is 266 g/mol. The highest BCUT2D eigenvalue weighted by atomic mass is 35.5. The monoisotopic (exact) mass is 265 g/mol. The van der Waals surface area contributed by atoms with E-state index in [9.17, 15) is 9.59 Å². The van der Waals surface area contributed by atoms with Crippen molar-refractivity contribution in [1.29, 1.82) is 0 Å². The number of halogens is 1. The molecule has 3 nitrogen and oxygen atoms in total. The maximum Gasteiger partial charge on any atom is 0.260 e. The fourth-order valence-electron chi connectivity index (χ4n) is 2.17. The van der Waals surface area contributed by atoms with Gasteiger partial charge >= 0.3 is 0 Å². The van der Waals surface area contributed by atoms with Crippen molar-refractivity contribution < 1.29 is 9.59 Å². The highest BCUT2D eigenvalue weighted by molar-refractivity contribution is 6.17. The molecule has 0 spiro atoms. The van der Waals surface area contributed by atoms with Gasteiger partial charge in [-0.05, 0) is 24.5 Å². The fourth-order valence-corrected chi connectivity index (χ4v) is 2.36. The van der Waals surface area contributed by atoms with Crippen LogP contribution in [-0.2, 0) is 11.2 Å². The maximum atomic E-state index is 12.2. The van der Waals surface area contributed by atoms with Crippen LogP contribution in [0.2, 0.25) is 0 Å². The van der Waals surface area contributed by atoms with Crippen molar-refractivity contribution in [1.82, 2.24) is 4.90 Å². The number of imide groups is 1. The molecular formula is C14H16ClNO2. The number of hydrogen-bond donors (Lipinski definition) is 0. The van der Waals surface area contributed by atoms with Gasteiger partial charge in [0.2, 0.25) is 5.91 Å². The normalized spacial score (nSPS) is 14.8. The molecule has 0 radical (unpaired) electrons. The van der Waals surface area contributed by atoms with Crippen LogP contribution in [-0.4, -0.2) is 29.1 Å². The smallest absolute Gasteiger partial charge is 0.260 e. The molecule has 1 aliphatic heterocycles. The zero-order valence-corrected chi connectivity index (χ0v) is 10.9. The van der Waals surface area contributed by atoms with Gasteiger partial charge < -0.3 is 0 Å². The van der Waals surface area contributed by atoms with Crippen molar-refractivity contribution in [2.24, 2.45) is 0 Å². The lowest BCUT2D eigenvalue weighted by Gasteiger charge is -2.26. The van der Waals surface area contributed by atoms with Crippen molar-refractivity contribution in [3.63, 3.8) is 0 Å². The van der Waals surface area contributed by atoms with E-state index in [1.54, 1.807) is 6.07 Å². The van der Waals surface area contributed by atoms with Crippen LogP contribution in [0.4, 0.5) is 0 Å². The first kappa shape index (κ1) is 13.1. The van der Waals surface area contributed by atoms with Crippen molar-refractivity contribution in [2.75, 3.05) is 12.4 Å². The van der Waals surface area contributed by atoms with Gasteiger partial charge in [0.15, 0.2) is 0 Å². The van der Waals surface area contributed by atoms with Gasteiger partial charge in [0.25, 0.3) is 5.91 Å². The molecule has 0 saturated carbocycles. The van der Waals surface area contributed by atoms with Crippen molar-refractivity contribution in [2.45, 2.75) is 25.7 Å². The molecule has 1 heterocycles. The van der Waals surface area contributed by atoms with E-state index in [1.165, 1.54) is 4.90 Å². The summed E-state index contributed by atoms with van der Waals surface area (Å²) in [6, 6.07) is 7.32. The van der Waals surface area contributed by atoms with E-state index in [0.29, 0.717) is 24.4 Å². The lowest BCUT2D eigenvalue weighted by molar-refractivity contribution is -0.128. The molecule has 96 valence electrons. The number of alkyl halides is 1. The average Bonchev–Trinajstić information content (AvgIpc) is 2.38. The summed E-state index contributed by atoms with van der Waals surface area (Å²) >= 11 is 5.60. The van der Waals surface area contributed by atoms with Gasteiger partial charge in [-0.1, -0.05) is 24.6 Å². The molecule has 1 aromatic rings. The molecule has 0 N–H and O–H groups in total. The van der Waals surface area contributed by atoms with Crippen molar-refractivity contribution in [3.05, 3.63) is 35.4 Å². The van der Waals surface area contributed by atoms with Gasteiger partial charge in [0.1, 0.15) is 0 Å². The number of rotatable bonds is 5. The third-order valence-electron chi connectivity index (χ3n) is 3.15. The maximum absolute atomic E-state index is 12.2. The van der Waals surface area contributed by atoms with E-state index >= 15 is 0 Å². The number of hydrogen-bond acceptors (Lipinski definition) is 2. The molecule has 2 amide bonds. The highest BCUT2D eigenvalue weighted by Gasteiger charge is 2.29. The number of carbonyl (C=O) groups is 2. The predicted molar refractivity (Wildman–Crippen MR) is 70.8 cm³/mol. The predicted octanol–water partition coefficient (Wildman–Crippen LogP) is 2.62. The first-order chi connectivity index (χ1) is 8.74. The quantitative estimate of drug-likeness (QED) is 0.466. The van der Waals surface area contributed by atoms with Gasteiger partial charge in [-0.2, -0.15) is 0 Å². The molecule has 4 heteroatoms. The SMILES string of the molecule is O=C1Cc2ccccc2C(=O)N1CCCCCCl. The Hall–Kier alpha value is -1.35. The fraction of sp³-hybridized carbons (Fsp3) is 0.429. The van der Waals surface area contributed by atoms with E-state index in [0.717, 1.165) is 24.8 Å². The molecule has 0 aliphatic carbocycles. The zero-order chi connectivity index (χ0) is 13.0. The third kappa shape index (κ3) is 2.72. The topological polar surface area (TPSA) is 37.4 Å². The van der Waals surface area contributed by atoms with Crippen LogP contribution in [0.3, 0.4) is 0 Å². The molecule has 0 atom stereocenters. The zero-order valence-electron chi connectivity index (χ0n) is 10.2. The molecule has 0 fully saturated rings. The molecule has 0 aromatic heterocycles. The van der Waals surface area contributed by atoms with Crippen LogP contribution >= 0.6 is 11.6 Å². The molecule has 2 rings (SSSR count). The van der Waals surface area contributed by atoms with Crippen LogP contribution in [0.15, 0.2) is 24.3 Å². The van der Waals surface area contributed by atoms with Crippen LogP contribution < -0.4 is 0 Å². The van der Waals surface area contributed by atoms with Crippen molar-refractivity contribution in [3.8, 4) is 0 Å². The number of nitrogens with zero attached hydrogens (tertiary/aromatic N) is 1. The Balaban J connectivity index is 2.05. The summed E-state index contributed by atoms with van der Waals surface area (Å²) < 4.78 is 0. The molecule has 0 unspecified atom stereocenters. The summed E-state index contributed by atoms with van der Waals surface area (Å²) in [7, 11) is 0. The minimum Gasteiger partial charge on any atom is -0.278 e. The first-order valence-electron chi connectivity index (χ1n) is 6.22. The standard InChI is InChI=1S/C14H16ClNO2/c15-8-4-1-5-9-16-13(17)10-11-6-2-3-7-12(11)14(16)18/h2-3,6-7H,1,4-5,8-10H2. The molecule has 1 aromatic carbocycles. The van der Waals surface area contributed by atoms with E-state index in [1.807, 2.05) is 18.2 Å². The summed E-state index contributed by atoms with van der Waals surface area (Å²) in [5.41, 5.74) is 1.50. The second-order valence-electron chi connectivity index (χ2n) is 4.43. The Morgan fingerprint density at radius 3 is 2.67 bits per heavy atom. The largest absolute Gasteiger partial charge is 0.278 e. The summed E-state index contributed by atoms with van der Waals surface area (Å²) in [5.74, 6) is 0.377. The van der Waals surface area contributed by atoms with E-state index in [4.69, 9.17) is 11.6 Å². The Morgan fingerprint density at radius 1 is 1.11 bits per heavy atom. The van der Waals surface area contributed by atoms with Gasteiger partial charge in [0, 0.05) is 18.0 Å². The van der Waals surface area contributed by atoms with Crippen molar-refractivity contribution >= 4 is 23.4 Å². The van der Waals surface area contributed by atoms with Crippen LogP contribution in [0, 0.1) is 0 Å². The summed E-state index contributed by atoms with van der Waals surface area (Å²) in [5, 5.41) is 0. The third-order valence-corrected chi connectivity index (χ3v) is 3.42. The van der Waals surface area contributed by atoms with Gasteiger partial charge in [-0.25, -0.2) is 0 Å². The Kier molecular flexibility index (Phi) is 4.37. The molecule has 1 aliphatic rings. The van der Waals surface area contributed by atoms with Gasteiger partial charge in [0.05, 0.1) is 6.42 Å². The lowest BCUT2D eigenvalue weighted by Crippen LogP contribution is -2.42.